The summed E-state index contributed by atoms with van der Waals surface area (Å²) in [4.78, 5) is 44.7. The first-order valence-corrected chi connectivity index (χ1v) is 13.0. The van der Waals surface area contributed by atoms with E-state index in [0.29, 0.717) is 30.0 Å². The van der Waals surface area contributed by atoms with E-state index in [1.54, 1.807) is 26.0 Å². The van der Waals surface area contributed by atoms with Gasteiger partial charge >= 0.3 is 5.97 Å². The number of hydrogen-bond donors (Lipinski definition) is 1. The van der Waals surface area contributed by atoms with E-state index in [-0.39, 0.29) is 31.6 Å². The van der Waals surface area contributed by atoms with Gasteiger partial charge in [-0.05, 0) is 51.7 Å². The number of ether oxygens (including phenoxy) is 2. The first-order valence-electron chi connectivity index (χ1n) is 12.6. The Labute approximate surface area is 217 Å². The number of amides is 2. The van der Waals surface area contributed by atoms with E-state index in [2.05, 4.69) is 6.58 Å². The highest BCUT2D eigenvalue weighted by Crippen LogP contribution is 2.65. The van der Waals surface area contributed by atoms with Crippen LogP contribution in [0, 0.1) is 18.8 Å². The molecule has 9 heteroatoms. The molecule has 3 aliphatic heterocycles. The molecule has 0 radical (unpaired) electrons. The maximum Gasteiger partial charge on any atom is 0.312 e. The first-order chi connectivity index (χ1) is 17.1. The monoisotopic (exact) mass is 518 g/mol. The zero-order valence-electron chi connectivity index (χ0n) is 21.3. The Morgan fingerprint density at radius 1 is 1.39 bits per heavy atom. The molecule has 0 saturated carbocycles. The van der Waals surface area contributed by atoms with Crippen LogP contribution in [0.4, 0.5) is 5.69 Å². The number of carbonyl (C=O) groups excluding carboxylic acids is 3. The summed E-state index contributed by atoms with van der Waals surface area (Å²) in [5, 5.41) is 10.5. The van der Waals surface area contributed by atoms with Crippen molar-refractivity contribution in [1.29, 1.82) is 0 Å². The summed E-state index contributed by atoms with van der Waals surface area (Å²) in [6, 6.07) is 3.68. The number of carbonyl (C=O) groups is 3. The van der Waals surface area contributed by atoms with Crippen molar-refractivity contribution in [2.75, 3.05) is 24.7 Å². The average molecular weight is 519 g/mol. The van der Waals surface area contributed by atoms with Gasteiger partial charge in [-0.15, -0.1) is 6.58 Å². The summed E-state index contributed by atoms with van der Waals surface area (Å²) in [7, 11) is 0. The summed E-state index contributed by atoms with van der Waals surface area (Å²) in [6.45, 7) is 11.0. The van der Waals surface area contributed by atoms with Crippen molar-refractivity contribution < 1.29 is 29.0 Å². The summed E-state index contributed by atoms with van der Waals surface area (Å²) in [6.07, 6.45) is 3.10. The largest absolute Gasteiger partial charge is 0.466 e. The van der Waals surface area contributed by atoms with Crippen LogP contribution < -0.4 is 4.90 Å². The van der Waals surface area contributed by atoms with Crippen LogP contribution in [0.3, 0.4) is 0 Å². The van der Waals surface area contributed by atoms with Crippen molar-refractivity contribution in [1.82, 2.24) is 4.90 Å². The van der Waals surface area contributed by atoms with Gasteiger partial charge in [0.25, 0.3) is 5.91 Å². The van der Waals surface area contributed by atoms with E-state index in [1.807, 2.05) is 26.0 Å². The Balaban J connectivity index is 1.88. The van der Waals surface area contributed by atoms with Gasteiger partial charge in [-0.3, -0.25) is 14.4 Å². The Morgan fingerprint density at radius 3 is 2.69 bits per heavy atom. The smallest absolute Gasteiger partial charge is 0.312 e. The second-order valence-corrected chi connectivity index (χ2v) is 10.4. The molecule has 3 fully saturated rings. The van der Waals surface area contributed by atoms with Crippen LogP contribution in [0.5, 0.6) is 0 Å². The molecule has 8 nitrogen and oxygen atoms in total. The van der Waals surface area contributed by atoms with Crippen LogP contribution in [0.15, 0.2) is 30.9 Å². The lowest BCUT2D eigenvalue weighted by atomic mass is 9.65. The molecule has 3 saturated heterocycles. The number of para-hydroxylation sites is 1. The van der Waals surface area contributed by atoms with Crippen molar-refractivity contribution >= 4 is 35.1 Å². The van der Waals surface area contributed by atoms with E-state index in [1.165, 1.54) is 9.80 Å². The third-order valence-corrected chi connectivity index (χ3v) is 8.47. The van der Waals surface area contributed by atoms with Crippen molar-refractivity contribution in [2.24, 2.45) is 11.8 Å². The van der Waals surface area contributed by atoms with Gasteiger partial charge < -0.3 is 24.4 Å². The predicted molar refractivity (Wildman–Crippen MR) is 136 cm³/mol. The molecule has 6 atom stereocenters. The lowest BCUT2D eigenvalue weighted by Crippen LogP contribution is -2.58. The number of anilines is 1. The molecule has 2 bridgehead atoms. The standard InChI is InChI=1S/C27H35ClN2O6/c1-6-14-29(21-16(4)10-9-11-18(21)28)24(33)22-27-13-12-26(7-2,36-27)20(25(34)35-8-3)19(27)23(32)30(22)17(5)15-31/h6,9-11,17,19-20,22,31H,1,7-8,12-15H2,2-5H3/t17-,19+,20+,22?,26-,27?/m1/s1. The second kappa shape index (κ2) is 9.80. The van der Waals surface area contributed by atoms with E-state index >= 15 is 0 Å². The number of hydrogen-bond acceptors (Lipinski definition) is 6. The van der Waals surface area contributed by atoms with Gasteiger partial charge in [-0.1, -0.05) is 36.7 Å². The quantitative estimate of drug-likeness (QED) is 0.398. The third kappa shape index (κ3) is 3.68. The number of aryl methyl sites for hydroxylation is 1. The SMILES string of the molecule is C=CCN(C(=O)C1N([C@H](C)CO)C(=O)[C@@H]2[C@@H](C(=O)OCC)[C@@]3(CC)CCC12O3)c1c(C)cccc1Cl. The number of esters is 1. The van der Waals surface area contributed by atoms with Gasteiger partial charge in [-0.25, -0.2) is 0 Å². The van der Waals surface area contributed by atoms with Gasteiger partial charge in [0.15, 0.2) is 0 Å². The van der Waals surface area contributed by atoms with Crippen LogP contribution in [0.2, 0.25) is 5.02 Å². The molecule has 3 aliphatic rings. The summed E-state index contributed by atoms with van der Waals surface area (Å²) >= 11 is 6.56. The van der Waals surface area contributed by atoms with Gasteiger partial charge in [0, 0.05) is 6.54 Å². The Kier molecular flexibility index (Phi) is 7.25. The van der Waals surface area contributed by atoms with Gasteiger partial charge in [0.1, 0.15) is 17.6 Å². The molecule has 1 aromatic carbocycles. The third-order valence-electron chi connectivity index (χ3n) is 8.17. The number of fused-ring (bicyclic) bond motifs is 1. The van der Waals surface area contributed by atoms with Gasteiger partial charge in [0.05, 0.1) is 41.5 Å². The summed E-state index contributed by atoms with van der Waals surface area (Å²) in [5.41, 5.74) is -0.750. The number of halogens is 1. The average Bonchev–Trinajstić information content (AvgIpc) is 3.46. The van der Waals surface area contributed by atoms with Crippen LogP contribution in [0.1, 0.15) is 45.6 Å². The number of benzene rings is 1. The van der Waals surface area contributed by atoms with E-state index in [0.717, 1.165) is 5.56 Å². The highest BCUT2D eigenvalue weighted by Gasteiger charge is 2.79. The topological polar surface area (TPSA) is 96.4 Å². The van der Waals surface area contributed by atoms with Crippen molar-refractivity contribution in [3.05, 3.63) is 41.4 Å². The Bertz CT molecular complexity index is 1060. The van der Waals surface area contributed by atoms with E-state index in [4.69, 9.17) is 21.1 Å². The summed E-state index contributed by atoms with van der Waals surface area (Å²) in [5.74, 6) is -2.90. The zero-order valence-corrected chi connectivity index (χ0v) is 22.1. The fourth-order valence-corrected chi connectivity index (χ4v) is 6.95. The molecule has 1 aromatic rings. The molecule has 36 heavy (non-hydrogen) atoms. The van der Waals surface area contributed by atoms with Crippen LogP contribution in [-0.4, -0.2) is 70.8 Å². The van der Waals surface area contributed by atoms with Crippen LogP contribution in [-0.2, 0) is 23.9 Å². The zero-order chi connectivity index (χ0) is 26.4. The van der Waals surface area contributed by atoms with Gasteiger partial charge in [-0.2, -0.15) is 0 Å². The molecule has 1 spiro atoms. The molecule has 0 aliphatic carbocycles. The van der Waals surface area contributed by atoms with E-state index in [9.17, 15) is 19.5 Å². The number of aliphatic hydroxyl groups excluding tert-OH is 1. The predicted octanol–water partition coefficient (Wildman–Crippen LogP) is 3.27. The minimum atomic E-state index is -1.21. The molecule has 2 unspecified atom stereocenters. The lowest BCUT2D eigenvalue weighted by molar-refractivity contribution is -0.161. The van der Waals surface area contributed by atoms with Crippen molar-refractivity contribution in [2.45, 2.75) is 70.2 Å². The maximum atomic E-state index is 14.5. The van der Waals surface area contributed by atoms with Crippen molar-refractivity contribution in [3.8, 4) is 0 Å². The second-order valence-electron chi connectivity index (χ2n) is 10.0. The number of likely N-dealkylation sites (tertiary alicyclic amines) is 1. The number of aliphatic hydroxyl groups is 1. The summed E-state index contributed by atoms with van der Waals surface area (Å²) < 4.78 is 12.1. The van der Waals surface area contributed by atoms with Crippen LogP contribution in [0.25, 0.3) is 0 Å². The lowest BCUT2D eigenvalue weighted by Gasteiger charge is -2.39. The number of rotatable bonds is 9. The Hall–Kier alpha value is -2.42. The highest BCUT2D eigenvalue weighted by atomic mass is 35.5. The highest BCUT2D eigenvalue weighted by molar-refractivity contribution is 6.34. The fraction of sp³-hybridized carbons (Fsp3) is 0.593. The van der Waals surface area contributed by atoms with Gasteiger partial charge in [0.2, 0.25) is 5.91 Å². The minimum absolute atomic E-state index is 0.163. The molecule has 3 heterocycles. The normalized spacial score (nSPS) is 31.3. The minimum Gasteiger partial charge on any atom is -0.466 e. The molecule has 1 N–H and O–H groups in total. The van der Waals surface area contributed by atoms with E-state index < -0.39 is 41.1 Å². The molecule has 2 amide bonds. The molecular weight excluding hydrogens is 484 g/mol. The molecule has 0 aromatic heterocycles. The number of nitrogens with zero attached hydrogens (tertiary/aromatic N) is 2. The van der Waals surface area contributed by atoms with Crippen molar-refractivity contribution in [3.63, 3.8) is 0 Å². The fourth-order valence-electron chi connectivity index (χ4n) is 6.62. The molecule has 196 valence electrons. The molecule has 4 rings (SSSR count). The first kappa shape index (κ1) is 26.6. The molecular formula is C27H35ClN2O6. The Morgan fingerprint density at radius 2 is 2.11 bits per heavy atom. The maximum absolute atomic E-state index is 14.5. The van der Waals surface area contributed by atoms with Crippen LogP contribution >= 0.6 is 11.6 Å².